The minimum atomic E-state index is -0.956. The Balaban J connectivity index is 2.91. The van der Waals surface area contributed by atoms with E-state index in [2.05, 4.69) is 37.6 Å². The quantitative estimate of drug-likeness (QED) is 0.677. The predicted molar refractivity (Wildman–Crippen MR) is 66.1 cm³/mol. The van der Waals surface area contributed by atoms with Gasteiger partial charge in [-0.2, -0.15) is 0 Å². The minimum absolute atomic E-state index is 0.0577. The van der Waals surface area contributed by atoms with Crippen molar-refractivity contribution in [2.45, 2.75) is 45.6 Å². The van der Waals surface area contributed by atoms with Crippen LogP contribution in [0.1, 0.15) is 45.9 Å². The Morgan fingerprint density at radius 2 is 1.75 bits per heavy atom. The standard InChI is InChI=1S/C14H19NO/c1-13(2,3)12-7-6-11(10-15-12)8-9-14(4,5)16/h6-7,10,16H,1-5H3. The smallest absolute Gasteiger partial charge is 0.120 e. The fourth-order valence-electron chi connectivity index (χ4n) is 1.14. The van der Waals surface area contributed by atoms with E-state index in [-0.39, 0.29) is 5.41 Å². The molecule has 2 heteroatoms. The van der Waals surface area contributed by atoms with Crippen LogP contribution >= 0.6 is 0 Å². The molecule has 0 aromatic carbocycles. The van der Waals surface area contributed by atoms with Gasteiger partial charge in [-0.05, 0) is 26.0 Å². The molecule has 0 aliphatic heterocycles. The number of aliphatic hydroxyl groups is 1. The zero-order valence-electron chi connectivity index (χ0n) is 10.6. The lowest BCUT2D eigenvalue weighted by Crippen LogP contribution is -2.15. The number of hydrogen-bond donors (Lipinski definition) is 1. The van der Waals surface area contributed by atoms with Gasteiger partial charge in [-0.25, -0.2) is 0 Å². The van der Waals surface area contributed by atoms with E-state index >= 15 is 0 Å². The highest BCUT2D eigenvalue weighted by Crippen LogP contribution is 2.19. The van der Waals surface area contributed by atoms with Crippen LogP contribution in [0.25, 0.3) is 0 Å². The maximum absolute atomic E-state index is 9.47. The highest BCUT2D eigenvalue weighted by molar-refractivity contribution is 5.35. The van der Waals surface area contributed by atoms with Crippen LogP contribution in [0.15, 0.2) is 18.3 Å². The molecule has 1 aromatic rings. The molecule has 0 fully saturated rings. The topological polar surface area (TPSA) is 33.1 Å². The summed E-state index contributed by atoms with van der Waals surface area (Å²) in [6.07, 6.45) is 1.75. The van der Waals surface area contributed by atoms with Gasteiger partial charge in [0.05, 0.1) is 0 Å². The summed E-state index contributed by atoms with van der Waals surface area (Å²) < 4.78 is 0. The second-order valence-corrected chi connectivity index (χ2v) is 5.49. The molecule has 16 heavy (non-hydrogen) atoms. The Hall–Kier alpha value is -1.33. The van der Waals surface area contributed by atoms with Crippen LogP contribution in [0.2, 0.25) is 0 Å². The van der Waals surface area contributed by atoms with Gasteiger partial charge in [0.25, 0.3) is 0 Å². The first kappa shape index (κ1) is 12.7. The van der Waals surface area contributed by atoms with Gasteiger partial charge < -0.3 is 5.11 Å². The third-order valence-corrected chi connectivity index (χ3v) is 2.04. The molecule has 0 radical (unpaired) electrons. The molecular weight excluding hydrogens is 198 g/mol. The van der Waals surface area contributed by atoms with Gasteiger partial charge >= 0.3 is 0 Å². The Bertz CT molecular complexity index is 407. The summed E-state index contributed by atoms with van der Waals surface area (Å²) in [6.45, 7) is 9.69. The summed E-state index contributed by atoms with van der Waals surface area (Å²) in [5.74, 6) is 5.66. The molecule has 0 saturated heterocycles. The van der Waals surface area contributed by atoms with E-state index < -0.39 is 5.60 Å². The predicted octanol–water partition coefficient (Wildman–Crippen LogP) is 2.50. The molecule has 0 unspecified atom stereocenters. The summed E-state index contributed by atoms with van der Waals surface area (Å²) in [4.78, 5) is 4.37. The van der Waals surface area contributed by atoms with Crippen LogP contribution in [-0.2, 0) is 5.41 Å². The van der Waals surface area contributed by atoms with Gasteiger partial charge in [0.2, 0.25) is 0 Å². The number of rotatable bonds is 0. The SMILES string of the molecule is CC(C)(O)C#Cc1ccc(C(C)(C)C)nc1. The van der Waals surface area contributed by atoms with E-state index in [1.165, 1.54) is 0 Å². The molecular formula is C14H19NO. The fourth-order valence-corrected chi connectivity index (χ4v) is 1.14. The van der Waals surface area contributed by atoms with Crippen LogP contribution in [0, 0.1) is 11.8 Å². The van der Waals surface area contributed by atoms with Crippen LogP contribution in [0.5, 0.6) is 0 Å². The molecule has 1 rings (SSSR count). The van der Waals surface area contributed by atoms with Gasteiger partial charge in [-0.3, -0.25) is 4.98 Å². The summed E-state index contributed by atoms with van der Waals surface area (Å²) >= 11 is 0. The largest absolute Gasteiger partial charge is 0.378 e. The number of pyridine rings is 1. The highest BCUT2D eigenvalue weighted by Gasteiger charge is 2.14. The Morgan fingerprint density at radius 3 is 2.12 bits per heavy atom. The Kier molecular flexibility index (Phi) is 3.40. The van der Waals surface area contributed by atoms with Crippen LogP contribution in [0.3, 0.4) is 0 Å². The molecule has 2 nitrogen and oxygen atoms in total. The lowest BCUT2D eigenvalue weighted by atomic mass is 9.91. The van der Waals surface area contributed by atoms with Gasteiger partial charge in [0.15, 0.2) is 0 Å². The third kappa shape index (κ3) is 4.04. The number of hydrogen-bond acceptors (Lipinski definition) is 2. The van der Waals surface area contributed by atoms with Gasteiger partial charge in [0.1, 0.15) is 5.60 Å². The average Bonchev–Trinajstić information content (AvgIpc) is 2.13. The second kappa shape index (κ2) is 4.27. The molecule has 1 heterocycles. The van der Waals surface area contributed by atoms with E-state index in [9.17, 15) is 5.11 Å². The van der Waals surface area contributed by atoms with Crippen molar-refractivity contribution in [3.8, 4) is 11.8 Å². The van der Waals surface area contributed by atoms with E-state index in [4.69, 9.17) is 0 Å². The summed E-state index contributed by atoms with van der Waals surface area (Å²) in [5, 5.41) is 9.47. The van der Waals surface area contributed by atoms with Crippen molar-refractivity contribution in [3.05, 3.63) is 29.6 Å². The molecule has 0 aliphatic rings. The van der Waals surface area contributed by atoms with Gasteiger partial charge in [0, 0.05) is 22.9 Å². The van der Waals surface area contributed by atoms with Crippen molar-refractivity contribution < 1.29 is 5.11 Å². The molecule has 0 saturated carbocycles. The van der Waals surface area contributed by atoms with Crippen LogP contribution < -0.4 is 0 Å². The first-order valence-corrected chi connectivity index (χ1v) is 5.40. The van der Waals surface area contributed by atoms with Crippen molar-refractivity contribution in [1.82, 2.24) is 4.98 Å². The first-order valence-electron chi connectivity index (χ1n) is 5.40. The summed E-state index contributed by atoms with van der Waals surface area (Å²) in [5.41, 5.74) is 0.974. The normalized spacial score (nSPS) is 11.9. The first-order chi connectivity index (χ1) is 7.18. The third-order valence-electron chi connectivity index (χ3n) is 2.04. The molecule has 1 aromatic heterocycles. The molecule has 0 aliphatic carbocycles. The Morgan fingerprint density at radius 1 is 1.12 bits per heavy atom. The number of aromatic nitrogens is 1. The van der Waals surface area contributed by atoms with Crippen LogP contribution in [-0.4, -0.2) is 15.7 Å². The highest BCUT2D eigenvalue weighted by atomic mass is 16.3. The van der Waals surface area contributed by atoms with Crippen LogP contribution in [0.4, 0.5) is 0 Å². The lowest BCUT2D eigenvalue weighted by Gasteiger charge is -2.17. The maximum atomic E-state index is 9.47. The number of nitrogens with zero attached hydrogens (tertiary/aromatic N) is 1. The zero-order chi connectivity index (χ0) is 12.4. The zero-order valence-corrected chi connectivity index (χ0v) is 10.6. The molecule has 0 bridgehead atoms. The average molecular weight is 217 g/mol. The van der Waals surface area contributed by atoms with E-state index in [0.29, 0.717) is 0 Å². The minimum Gasteiger partial charge on any atom is -0.378 e. The van der Waals surface area contributed by atoms with E-state index in [1.54, 1.807) is 20.0 Å². The van der Waals surface area contributed by atoms with Crippen molar-refractivity contribution in [2.75, 3.05) is 0 Å². The van der Waals surface area contributed by atoms with E-state index in [0.717, 1.165) is 11.3 Å². The summed E-state index contributed by atoms with van der Waals surface area (Å²) in [7, 11) is 0. The fraction of sp³-hybridized carbons (Fsp3) is 0.500. The van der Waals surface area contributed by atoms with Crippen molar-refractivity contribution in [2.24, 2.45) is 0 Å². The molecule has 1 N–H and O–H groups in total. The monoisotopic (exact) mass is 217 g/mol. The molecule has 0 spiro atoms. The maximum Gasteiger partial charge on any atom is 0.120 e. The van der Waals surface area contributed by atoms with Gasteiger partial charge in [-0.15, -0.1) is 0 Å². The summed E-state index contributed by atoms with van der Waals surface area (Å²) in [6, 6.07) is 3.92. The van der Waals surface area contributed by atoms with E-state index in [1.807, 2.05) is 12.1 Å². The second-order valence-electron chi connectivity index (χ2n) is 5.49. The molecule has 0 atom stereocenters. The van der Waals surface area contributed by atoms with Crippen molar-refractivity contribution in [1.29, 1.82) is 0 Å². The van der Waals surface area contributed by atoms with Crippen molar-refractivity contribution >= 4 is 0 Å². The Labute approximate surface area is 97.7 Å². The van der Waals surface area contributed by atoms with Gasteiger partial charge in [-0.1, -0.05) is 32.6 Å². The molecule has 86 valence electrons. The van der Waals surface area contributed by atoms with Crippen molar-refractivity contribution in [3.63, 3.8) is 0 Å². The lowest BCUT2D eigenvalue weighted by molar-refractivity contribution is 0.143. The molecule has 0 amide bonds.